The lowest BCUT2D eigenvalue weighted by Gasteiger charge is -2.22. The van der Waals surface area contributed by atoms with Gasteiger partial charge in [-0.1, -0.05) is 0 Å². The molecule has 0 amide bonds. The normalized spacial score (nSPS) is 28.2. The number of nitrogens with zero attached hydrogens (tertiary/aromatic N) is 1. The van der Waals surface area contributed by atoms with Crippen LogP contribution in [0, 0.1) is 0 Å². The van der Waals surface area contributed by atoms with Crippen LogP contribution in [-0.2, 0) is 11.2 Å². The Bertz CT molecular complexity index is 438. The van der Waals surface area contributed by atoms with Gasteiger partial charge in [0.15, 0.2) is 5.96 Å². The molecule has 2 saturated heterocycles. The quantitative estimate of drug-likeness (QED) is 0.458. The van der Waals surface area contributed by atoms with E-state index in [1.807, 2.05) is 7.05 Å². The molecular formula is C14H22IN3OS. The molecule has 0 saturated carbocycles. The van der Waals surface area contributed by atoms with Crippen LogP contribution in [0.4, 0.5) is 0 Å². The van der Waals surface area contributed by atoms with Crippen LogP contribution in [0.5, 0.6) is 0 Å². The van der Waals surface area contributed by atoms with E-state index < -0.39 is 0 Å². The van der Waals surface area contributed by atoms with E-state index >= 15 is 0 Å². The van der Waals surface area contributed by atoms with Crippen LogP contribution in [0.3, 0.4) is 0 Å². The van der Waals surface area contributed by atoms with Gasteiger partial charge >= 0.3 is 0 Å². The van der Waals surface area contributed by atoms with Crippen LogP contribution in [0.25, 0.3) is 0 Å². The Hall–Kier alpha value is -0.340. The Labute approximate surface area is 141 Å². The van der Waals surface area contributed by atoms with Crippen LogP contribution < -0.4 is 10.6 Å². The van der Waals surface area contributed by atoms with Gasteiger partial charge in [0.2, 0.25) is 0 Å². The second kappa shape index (κ2) is 7.61. The molecule has 3 rings (SSSR count). The second-order valence-corrected chi connectivity index (χ2v) is 6.02. The van der Waals surface area contributed by atoms with Crippen molar-refractivity contribution in [3.8, 4) is 0 Å². The number of rotatable bonds is 4. The lowest BCUT2D eigenvalue weighted by Crippen LogP contribution is -2.47. The summed E-state index contributed by atoms with van der Waals surface area (Å²) in [6.07, 6.45) is 5.45. The highest BCUT2D eigenvalue weighted by Crippen LogP contribution is 2.34. The van der Waals surface area contributed by atoms with E-state index in [1.165, 1.54) is 18.4 Å². The molecular weight excluding hydrogens is 385 g/mol. The molecule has 1 aromatic rings. The van der Waals surface area contributed by atoms with Gasteiger partial charge in [0, 0.05) is 13.6 Å². The van der Waals surface area contributed by atoms with Gasteiger partial charge in [0.05, 0.1) is 18.2 Å². The first-order valence-electron chi connectivity index (χ1n) is 6.99. The monoisotopic (exact) mass is 407 g/mol. The van der Waals surface area contributed by atoms with E-state index in [1.54, 1.807) is 11.3 Å². The molecule has 2 N–H and O–H groups in total. The van der Waals surface area contributed by atoms with Crippen LogP contribution in [0.15, 0.2) is 21.8 Å². The summed E-state index contributed by atoms with van der Waals surface area (Å²) in [7, 11) is 1.83. The number of thiophene rings is 1. The summed E-state index contributed by atoms with van der Waals surface area (Å²) >= 11 is 1.75. The smallest absolute Gasteiger partial charge is 0.191 e. The molecule has 2 aliphatic rings. The molecule has 2 bridgehead atoms. The molecule has 0 spiro atoms. The average molecular weight is 407 g/mol. The number of halogens is 1. The summed E-state index contributed by atoms with van der Waals surface area (Å²) in [6, 6.07) is 2.61. The van der Waals surface area contributed by atoms with Crippen molar-refractivity contribution in [2.45, 2.75) is 43.9 Å². The molecule has 0 aliphatic carbocycles. The third-order valence-electron chi connectivity index (χ3n) is 3.94. The zero-order chi connectivity index (χ0) is 13.1. The number of hydrogen-bond donors (Lipinski definition) is 2. The highest BCUT2D eigenvalue weighted by Gasteiger charge is 2.40. The van der Waals surface area contributed by atoms with Gasteiger partial charge in [-0.05, 0) is 48.1 Å². The maximum absolute atomic E-state index is 5.85. The molecule has 0 aromatic carbocycles. The zero-order valence-electron chi connectivity index (χ0n) is 11.7. The Morgan fingerprint density at radius 2 is 2.40 bits per heavy atom. The maximum atomic E-state index is 5.85. The third kappa shape index (κ3) is 3.85. The van der Waals surface area contributed by atoms with Crippen LogP contribution in [0.1, 0.15) is 24.8 Å². The van der Waals surface area contributed by atoms with E-state index in [4.69, 9.17) is 4.74 Å². The fourth-order valence-electron chi connectivity index (χ4n) is 2.92. The summed E-state index contributed by atoms with van der Waals surface area (Å²) < 4.78 is 5.85. The van der Waals surface area contributed by atoms with E-state index in [2.05, 4.69) is 32.5 Å². The topological polar surface area (TPSA) is 45.7 Å². The first kappa shape index (κ1) is 16.0. The molecule has 3 heterocycles. The maximum Gasteiger partial charge on any atom is 0.191 e. The van der Waals surface area contributed by atoms with Gasteiger partial charge in [-0.15, -0.1) is 24.0 Å². The summed E-state index contributed by atoms with van der Waals surface area (Å²) in [4.78, 5) is 4.30. The SMILES string of the molecule is CN=C(NCCc1ccsc1)NC1CC2CCC1O2.I. The van der Waals surface area contributed by atoms with Crippen molar-refractivity contribution >= 4 is 41.3 Å². The first-order valence-corrected chi connectivity index (χ1v) is 7.93. The van der Waals surface area contributed by atoms with Crippen LogP contribution in [-0.4, -0.2) is 37.8 Å². The van der Waals surface area contributed by atoms with Crippen molar-refractivity contribution < 1.29 is 4.74 Å². The summed E-state index contributed by atoms with van der Waals surface area (Å²) in [5.74, 6) is 0.899. The predicted octanol–water partition coefficient (Wildman–Crippen LogP) is 2.39. The van der Waals surface area contributed by atoms with Crippen molar-refractivity contribution in [3.05, 3.63) is 22.4 Å². The molecule has 6 heteroatoms. The van der Waals surface area contributed by atoms with Crippen molar-refractivity contribution in [1.82, 2.24) is 10.6 Å². The summed E-state index contributed by atoms with van der Waals surface area (Å²) in [5, 5.41) is 11.2. The molecule has 1 aromatic heterocycles. The van der Waals surface area contributed by atoms with E-state index in [-0.39, 0.29) is 24.0 Å². The van der Waals surface area contributed by atoms with E-state index in [0.29, 0.717) is 18.2 Å². The second-order valence-electron chi connectivity index (χ2n) is 5.24. The Morgan fingerprint density at radius 1 is 1.50 bits per heavy atom. The van der Waals surface area contributed by atoms with Crippen molar-refractivity contribution in [2.24, 2.45) is 4.99 Å². The highest BCUT2D eigenvalue weighted by molar-refractivity contribution is 14.0. The van der Waals surface area contributed by atoms with E-state index in [9.17, 15) is 0 Å². The minimum Gasteiger partial charge on any atom is -0.373 e. The average Bonchev–Trinajstić information content (AvgIpc) is 3.14. The van der Waals surface area contributed by atoms with Gasteiger partial charge in [0.25, 0.3) is 0 Å². The first-order chi connectivity index (χ1) is 9.35. The number of aliphatic imine (C=N–C) groups is 1. The fourth-order valence-corrected chi connectivity index (χ4v) is 3.62. The molecule has 4 nitrogen and oxygen atoms in total. The number of fused-ring (bicyclic) bond motifs is 2. The number of nitrogens with one attached hydrogen (secondary N) is 2. The zero-order valence-corrected chi connectivity index (χ0v) is 14.8. The summed E-state index contributed by atoms with van der Waals surface area (Å²) in [5.41, 5.74) is 1.39. The Morgan fingerprint density at radius 3 is 3.00 bits per heavy atom. The molecule has 20 heavy (non-hydrogen) atoms. The van der Waals surface area contributed by atoms with Gasteiger partial charge in [-0.2, -0.15) is 11.3 Å². The van der Waals surface area contributed by atoms with Crippen molar-refractivity contribution in [1.29, 1.82) is 0 Å². The predicted molar refractivity (Wildman–Crippen MR) is 94.2 cm³/mol. The van der Waals surface area contributed by atoms with E-state index in [0.717, 1.165) is 25.3 Å². The molecule has 3 unspecified atom stereocenters. The molecule has 3 atom stereocenters. The molecule has 112 valence electrons. The minimum absolute atomic E-state index is 0. The largest absolute Gasteiger partial charge is 0.373 e. The van der Waals surface area contributed by atoms with Gasteiger partial charge in [-0.3, -0.25) is 4.99 Å². The number of guanidine groups is 1. The molecule has 2 fully saturated rings. The summed E-state index contributed by atoms with van der Waals surface area (Å²) in [6.45, 7) is 0.915. The highest BCUT2D eigenvalue weighted by atomic mass is 127. The Kier molecular flexibility index (Phi) is 6.10. The Balaban J connectivity index is 0.00000147. The number of ether oxygens (including phenoxy) is 1. The fraction of sp³-hybridized carbons (Fsp3) is 0.643. The molecule has 2 aliphatic heterocycles. The standard InChI is InChI=1S/C14H21N3OS.HI/c1-15-14(16-6-4-10-5-7-19-9-10)17-12-8-11-2-3-13(12)18-11;/h5,7,9,11-13H,2-4,6,8H2,1H3,(H2,15,16,17);1H. The van der Waals surface area contributed by atoms with Crippen molar-refractivity contribution in [3.63, 3.8) is 0 Å². The number of hydrogen-bond acceptors (Lipinski definition) is 3. The van der Waals surface area contributed by atoms with Gasteiger partial charge in [0.1, 0.15) is 0 Å². The lowest BCUT2D eigenvalue weighted by molar-refractivity contribution is 0.0992. The van der Waals surface area contributed by atoms with Crippen LogP contribution in [0.2, 0.25) is 0 Å². The molecule has 0 radical (unpaired) electrons. The van der Waals surface area contributed by atoms with Gasteiger partial charge in [-0.25, -0.2) is 0 Å². The minimum atomic E-state index is 0. The lowest BCUT2D eigenvalue weighted by atomic mass is 9.96. The van der Waals surface area contributed by atoms with Crippen molar-refractivity contribution in [2.75, 3.05) is 13.6 Å². The van der Waals surface area contributed by atoms with Gasteiger partial charge < -0.3 is 15.4 Å². The van der Waals surface area contributed by atoms with Crippen LogP contribution >= 0.6 is 35.3 Å². The third-order valence-corrected chi connectivity index (χ3v) is 4.67.